The van der Waals surface area contributed by atoms with E-state index in [0.29, 0.717) is 0 Å². The summed E-state index contributed by atoms with van der Waals surface area (Å²) >= 11 is 0. The molecule has 0 bridgehead atoms. The van der Waals surface area contributed by atoms with Crippen LogP contribution in [0, 0.1) is 0 Å². The van der Waals surface area contributed by atoms with Crippen LogP contribution in [0.1, 0.15) is 36.2 Å². The molecule has 1 aromatic heterocycles. The highest BCUT2D eigenvalue weighted by Gasteiger charge is 2.21. The van der Waals surface area contributed by atoms with Crippen molar-refractivity contribution in [1.82, 2.24) is 15.2 Å². The predicted molar refractivity (Wildman–Crippen MR) is 88.5 cm³/mol. The lowest BCUT2D eigenvalue weighted by molar-refractivity contribution is 0.265. The number of rotatable bonds is 4. The van der Waals surface area contributed by atoms with Crippen LogP contribution in [-0.4, -0.2) is 30.0 Å². The van der Waals surface area contributed by atoms with Gasteiger partial charge in [-0.3, -0.25) is 9.88 Å². The number of hydrogen-bond acceptors (Lipinski definition) is 3. The number of nitrogens with one attached hydrogen (secondary N) is 1. The van der Waals surface area contributed by atoms with Crippen molar-refractivity contribution in [3.8, 4) is 0 Å². The highest BCUT2D eigenvalue weighted by atomic mass is 15.1. The molecule has 2 aromatic rings. The van der Waals surface area contributed by atoms with E-state index in [0.717, 1.165) is 39.0 Å². The minimum Gasteiger partial charge on any atom is -0.316 e. The Bertz CT molecular complexity index is 648. The molecule has 3 rings (SSSR count). The second-order valence-electron chi connectivity index (χ2n) is 5.83. The fourth-order valence-corrected chi connectivity index (χ4v) is 3.40. The van der Waals surface area contributed by atoms with E-state index in [2.05, 4.69) is 42.3 Å². The second kappa shape index (κ2) is 6.12. The third-order valence-electron chi connectivity index (χ3n) is 4.63. The standard InChI is InChI=1S/C18H25N3/c1-4-13-7-6-8-14-15(11-19-3)16-12-21(5-2)10-9-17(16)20-18(13)14/h6-8,19H,4-5,9-12H2,1-3H3. The lowest BCUT2D eigenvalue weighted by Crippen LogP contribution is -2.32. The molecule has 1 aromatic carbocycles. The summed E-state index contributed by atoms with van der Waals surface area (Å²) in [6.45, 7) is 8.67. The van der Waals surface area contributed by atoms with Gasteiger partial charge in [-0.25, -0.2) is 0 Å². The minimum atomic E-state index is 0.923. The molecule has 1 aliphatic heterocycles. The van der Waals surface area contributed by atoms with Gasteiger partial charge in [-0.05, 0) is 36.7 Å². The van der Waals surface area contributed by atoms with E-state index >= 15 is 0 Å². The number of hydrogen-bond donors (Lipinski definition) is 1. The van der Waals surface area contributed by atoms with Gasteiger partial charge in [0.05, 0.1) is 5.52 Å². The van der Waals surface area contributed by atoms with E-state index in [4.69, 9.17) is 4.98 Å². The fourth-order valence-electron chi connectivity index (χ4n) is 3.40. The number of benzene rings is 1. The van der Waals surface area contributed by atoms with Crippen molar-refractivity contribution < 1.29 is 0 Å². The first-order valence-corrected chi connectivity index (χ1v) is 8.07. The highest BCUT2D eigenvalue weighted by Crippen LogP contribution is 2.29. The molecule has 0 saturated carbocycles. The highest BCUT2D eigenvalue weighted by molar-refractivity contribution is 5.86. The molecule has 112 valence electrons. The summed E-state index contributed by atoms with van der Waals surface area (Å²) in [5.74, 6) is 0. The van der Waals surface area contributed by atoms with Crippen molar-refractivity contribution >= 4 is 10.9 Å². The molecule has 2 heterocycles. The predicted octanol–water partition coefficient (Wildman–Crippen LogP) is 2.89. The average molecular weight is 283 g/mol. The Morgan fingerprint density at radius 3 is 2.86 bits per heavy atom. The van der Waals surface area contributed by atoms with Crippen molar-refractivity contribution in [1.29, 1.82) is 0 Å². The van der Waals surface area contributed by atoms with E-state index in [1.165, 1.54) is 33.3 Å². The van der Waals surface area contributed by atoms with Gasteiger partial charge in [0.2, 0.25) is 0 Å². The summed E-state index contributed by atoms with van der Waals surface area (Å²) in [7, 11) is 2.03. The Morgan fingerprint density at radius 2 is 2.14 bits per heavy atom. The van der Waals surface area contributed by atoms with Gasteiger partial charge in [0.25, 0.3) is 0 Å². The zero-order valence-electron chi connectivity index (χ0n) is 13.4. The third-order valence-corrected chi connectivity index (χ3v) is 4.63. The first-order valence-electron chi connectivity index (χ1n) is 8.07. The van der Waals surface area contributed by atoms with Crippen LogP contribution in [0.25, 0.3) is 10.9 Å². The van der Waals surface area contributed by atoms with E-state index in [-0.39, 0.29) is 0 Å². The van der Waals surface area contributed by atoms with Crippen molar-refractivity contribution in [2.75, 3.05) is 20.1 Å². The number of pyridine rings is 1. The number of para-hydroxylation sites is 1. The molecule has 3 nitrogen and oxygen atoms in total. The fraction of sp³-hybridized carbons (Fsp3) is 0.500. The molecule has 0 saturated heterocycles. The Balaban J connectivity index is 2.23. The molecule has 0 fully saturated rings. The Morgan fingerprint density at radius 1 is 1.29 bits per heavy atom. The van der Waals surface area contributed by atoms with Crippen molar-refractivity contribution in [3.63, 3.8) is 0 Å². The number of likely N-dealkylation sites (N-methyl/N-ethyl adjacent to an activating group) is 1. The quantitative estimate of drug-likeness (QED) is 0.935. The summed E-state index contributed by atoms with van der Waals surface area (Å²) in [6, 6.07) is 6.63. The molecule has 0 radical (unpaired) electrons. The van der Waals surface area contributed by atoms with Gasteiger partial charge in [-0.15, -0.1) is 0 Å². The molecule has 1 N–H and O–H groups in total. The molecule has 0 unspecified atom stereocenters. The summed E-state index contributed by atoms with van der Waals surface area (Å²) in [6.07, 6.45) is 2.12. The molecule has 0 amide bonds. The van der Waals surface area contributed by atoms with Gasteiger partial charge < -0.3 is 5.32 Å². The molecule has 1 aliphatic rings. The van der Waals surface area contributed by atoms with E-state index < -0.39 is 0 Å². The number of nitrogens with zero attached hydrogens (tertiary/aromatic N) is 2. The van der Waals surface area contributed by atoms with Gasteiger partial charge in [-0.2, -0.15) is 0 Å². The number of fused-ring (bicyclic) bond motifs is 2. The summed E-state index contributed by atoms with van der Waals surface area (Å²) in [4.78, 5) is 7.56. The minimum absolute atomic E-state index is 0.923. The van der Waals surface area contributed by atoms with E-state index in [1.807, 2.05) is 7.05 Å². The van der Waals surface area contributed by atoms with Crippen LogP contribution in [0.2, 0.25) is 0 Å². The van der Waals surface area contributed by atoms with Crippen LogP contribution in [0.15, 0.2) is 18.2 Å². The molecular weight excluding hydrogens is 258 g/mol. The van der Waals surface area contributed by atoms with Crippen LogP contribution in [0.4, 0.5) is 0 Å². The average Bonchev–Trinajstić information content (AvgIpc) is 2.54. The summed E-state index contributed by atoms with van der Waals surface area (Å²) in [5, 5.41) is 4.68. The van der Waals surface area contributed by atoms with Crippen LogP contribution < -0.4 is 5.32 Å². The topological polar surface area (TPSA) is 28.2 Å². The third kappa shape index (κ3) is 2.56. The van der Waals surface area contributed by atoms with Crippen LogP contribution in [-0.2, 0) is 25.9 Å². The Hall–Kier alpha value is -1.45. The van der Waals surface area contributed by atoms with Gasteiger partial charge >= 0.3 is 0 Å². The van der Waals surface area contributed by atoms with E-state index in [9.17, 15) is 0 Å². The first kappa shape index (κ1) is 14.5. The molecule has 21 heavy (non-hydrogen) atoms. The zero-order valence-corrected chi connectivity index (χ0v) is 13.4. The largest absolute Gasteiger partial charge is 0.316 e. The Labute approximate surface area is 127 Å². The monoisotopic (exact) mass is 283 g/mol. The SMILES string of the molecule is CCc1cccc2c(CNC)c3c(nc12)CCN(CC)C3. The lowest BCUT2D eigenvalue weighted by atomic mass is 9.94. The van der Waals surface area contributed by atoms with Gasteiger partial charge in [-0.1, -0.05) is 32.0 Å². The maximum Gasteiger partial charge on any atom is 0.0740 e. The number of aryl methyl sites for hydroxylation is 1. The first-order chi connectivity index (χ1) is 10.3. The number of aromatic nitrogens is 1. The van der Waals surface area contributed by atoms with Gasteiger partial charge in [0, 0.05) is 37.1 Å². The van der Waals surface area contributed by atoms with Gasteiger partial charge in [0.1, 0.15) is 0 Å². The normalized spacial score (nSPS) is 15.4. The zero-order chi connectivity index (χ0) is 14.8. The van der Waals surface area contributed by atoms with Crippen LogP contribution >= 0.6 is 0 Å². The second-order valence-corrected chi connectivity index (χ2v) is 5.83. The molecule has 0 atom stereocenters. The lowest BCUT2D eigenvalue weighted by Gasteiger charge is -2.29. The summed E-state index contributed by atoms with van der Waals surface area (Å²) in [5.41, 5.74) is 6.81. The molecule has 0 aliphatic carbocycles. The molecule has 3 heteroatoms. The molecular formula is C18H25N3. The van der Waals surface area contributed by atoms with Gasteiger partial charge in [0.15, 0.2) is 0 Å². The van der Waals surface area contributed by atoms with Crippen LogP contribution in [0.5, 0.6) is 0 Å². The van der Waals surface area contributed by atoms with Crippen molar-refractivity contribution in [3.05, 3.63) is 40.6 Å². The maximum absolute atomic E-state index is 5.04. The van der Waals surface area contributed by atoms with E-state index in [1.54, 1.807) is 0 Å². The Kier molecular flexibility index (Phi) is 4.22. The molecule has 0 spiro atoms. The summed E-state index contributed by atoms with van der Waals surface area (Å²) < 4.78 is 0. The van der Waals surface area contributed by atoms with Crippen LogP contribution in [0.3, 0.4) is 0 Å². The van der Waals surface area contributed by atoms with Crippen molar-refractivity contribution in [2.45, 2.75) is 39.8 Å². The smallest absolute Gasteiger partial charge is 0.0740 e. The maximum atomic E-state index is 5.04. The van der Waals surface area contributed by atoms with Crippen molar-refractivity contribution in [2.24, 2.45) is 0 Å².